The van der Waals surface area contributed by atoms with Crippen LogP contribution in [-0.2, 0) is 22.4 Å². The number of ether oxygens (including phenoxy) is 3. The standard InChI is InChI=1S/C29H36N2O5/c1-2-30-17-18-34-24-9-4-3-7-23(24)8-5-6-12-29(28(30)33)13-15-31(16-14-29)27(32)20-22-10-11-25-26(19-22)36-21-35-25/h3-4,7,9-11,19H,2,5-6,8,12-18,20-21H2,1H3. The molecule has 0 atom stereocenters. The number of fused-ring (bicyclic) bond motifs is 2. The molecule has 2 aromatic carbocycles. The minimum atomic E-state index is -0.399. The number of hydrogen-bond donors (Lipinski definition) is 0. The van der Waals surface area contributed by atoms with Crippen LogP contribution in [0, 0.1) is 5.41 Å². The molecule has 0 N–H and O–H groups in total. The maximum atomic E-state index is 13.8. The molecule has 3 heterocycles. The molecule has 3 aliphatic heterocycles. The molecule has 192 valence electrons. The van der Waals surface area contributed by atoms with Crippen molar-refractivity contribution in [3.63, 3.8) is 0 Å². The van der Waals surface area contributed by atoms with Gasteiger partial charge in [-0.25, -0.2) is 0 Å². The largest absolute Gasteiger partial charge is 0.491 e. The topological polar surface area (TPSA) is 68.3 Å². The number of amides is 2. The summed E-state index contributed by atoms with van der Waals surface area (Å²) in [6.45, 7) is 5.24. The van der Waals surface area contributed by atoms with Crippen LogP contribution in [0.25, 0.3) is 0 Å². The summed E-state index contributed by atoms with van der Waals surface area (Å²) in [6, 6.07) is 13.9. The molecule has 0 saturated carbocycles. The average molecular weight is 493 g/mol. The molecular formula is C29H36N2O5. The van der Waals surface area contributed by atoms with Gasteiger partial charge < -0.3 is 24.0 Å². The molecule has 2 amide bonds. The maximum absolute atomic E-state index is 13.8. The van der Waals surface area contributed by atoms with Crippen LogP contribution >= 0.6 is 0 Å². The zero-order valence-electron chi connectivity index (χ0n) is 21.2. The Morgan fingerprint density at radius 2 is 1.72 bits per heavy atom. The van der Waals surface area contributed by atoms with Gasteiger partial charge in [-0.05, 0) is 68.4 Å². The van der Waals surface area contributed by atoms with E-state index in [-0.39, 0.29) is 18.6 Å². The van der Waals surface area contributed by atoms with Crippen molar-refractivity contribution in [1.82, 2.24) is 9.80 Å². The third kappa shape index (κ3) is 5.15. The number of likely N-dealkylation sites (N-methyl/N-ethyl adjacent to an activating group) is 1. The van der Waals surface area contributed by atoms with E-state index in [1.807, 2.05) is 47.1 Å². The van der Waals surface area contributed by atoms with Crippen LogP contribution in [0.2, 0.25) is 0 Å². The molecule has 0 aliphatic carbocycles. The highest BCUT2D eigenvalue weighted by Crippen LogP contribution is 2.40. The van der Waals surface area contributed by atoms with Gasteiger partial charge in [0.2, 0.25) is 18.6 Å². The Bertz CT molecular complexity index is 1090. The smallest absolute Gasteiger partial charge is 0.231 e. The SMILES string of the molecule is CCN1CCOc2ccccc2CCCCC2(CCN(C(=O)Cc3ccc4c(c3)OCO4)CC2)C1=O. The number of piperidine rings is 1. The van der Waals surface area contributed by atoms with E-state index in [0.29, 0.717) is 57.8 Å². The molecule has 1 spiro atoms. The third-order valence-electron chi connectivity index (χ3n) is 7.93. The Kier molecular flexibility index (Phi) is 7.35. The number of para-hydroxylation sites is 1. The van der Waals surface area contributed by atoms with Crippen molar-refractivity contribution in [2.75, 3.05) is 39.6 Å². The number of carbonyl (C=O) groups excluding carboxylic acids is 2. The van der Waals surface area contributed by atoms with Crippen molar-refractivity contribution in [3.05, 3.63) is 53.6 Å². The predicted molar refractivity (Wildman–Crippen MR) is 136 cm³/mol. The maximum Gasteiger partial charge on any atom is 0.231 e. The Morgan fingerprint density at radius 3 is 2.56 bits per heavy atom. The van der Waals surface area contributed by atoms with Crippen molar-refractivity contribution in [1.29, 1.82) is 0 Å². The van der Waals surface area contributed by atoms with Crippen LogP contribution < -0.4 is 14.2 Å². The summed E-state index contributed by atoms with van der Waals surface area (Å²) in [4.78, 5) is 30.8. The normalized spacial score (nSPS) is 19.8. The number of hydrogen-bond acceptors (Lipinski definition) is 5. The highest BCUT2D eigenvalue weighted by atomic mass is 16.7. The van der Waals surface area contributed by atoms with Crippen molar-refractivity contribution in [2.45, 2.75) is 51.9 Å². The van der Waals surface area contributed by atoms with E-state index < -0.39 is 5.41 Å². The molecular weight excluding hydrogens is 456 g/mol. The van der Waals surface area contributed by atoms with Gasteiger partial charge in [0.05, 0.1) is 18.4 Å². The minimum Gasteiger partial charge on any atom is -0.491 e. The van der Waals surface area contributed by atoms with Crippen LogP contribution in [0.1, 0.15) is 50.2 Å². The molecule has 3 aliphatic rings. The number of carbonyl (C=O) groups is 2. The summed E-state index contributed by atoms with van der Waals surface area (Å²) in [5, 5.41) is 0. The molecule has 36 heavy (non-hydrogen) atoms. The summed E-state index contributed by atoms with van der Waals surface area (Å²) in [5.41, 5.74) is 1.76. The molecule has 2 aromatic rings. The van der Waals surface area contributed by atoms with E-state index in [4.69, 9.17) is 14.2 Å². The van der Waals surface area contributed by atoms with Gasteiger partial charge in [-0.15, -0.1) is 0 Å². The number of aryl methyl sites for hydroxylation is 1. The van der Waals surface area contributed by atoms with Gasteiger partial charge in [-0.2, -0.15) is 0 Å². The summed E-state index contributed by atoms with van der Waals surface area (Å²) in [7, 11) is 0. The first kappa shape index (κ1) is 24.5. The average Bonchev–Trinajstić information content (AvgIpc) is 3.37. The fourth-order valence-corrected chi connectivity index (χ4v) is 5.73. The molecule has 1 fully saturated rings. The second kappa shape index (κ2) is 10.8. The number of benzene rings is 2. The van der Waals surface area contributed by atoms with Gasteiger partial charge in [-0.1, -0.05) is 30.7 Å². The van der Waals surface area contributed by atoms with E-state index >= 15 is 0 Å². The zero-order valence-corrected chi connectivity index (χ0v) is 21.2. The molecule has 0 unspecified atom stereocenters. The van der Waals surface area contributed by atoms with Crippen molar-refractivity contribution in [2.24, 2.45) is 5.41 Å². The lowest BCUT2D eigenvalue weighted by atomic mass is 9.73. The van der Waals surface area contributed by atoms with Gasteiger partial charge in [0.15, 0.2) is 11.5 Å². The predicted octanol–water partition coefficient (Wildman–Crippen LogP) is 4.22. The van der Waals surface area contributed by atoms with Crippen LogP contribution in [0.3, 0.4) is 0 Å². The summed E-state index contributed by atoms with van der Waals surface area (Å²) >= 11 is 0. The third-order valence-corrected chi connectivity index (χ3v) is 7.93. The highest BCUT2D eigenvalue weighted by Gasteiger charge is 2.43. The zero-order chi connectivity index (χ0) is 25.0. The van der Waals surface area contributed by atoms with Crippen LogP contribution in [0.15, 0.2) is 42.5 Å². The monoisotopic (exact) mass is 492 g/mol. The fraction of sp³-hybridized carbons (Fsp3) is 0.517. The van der Waals surface area contributed by atoms with Gasteiger partial charge in [0.25, 0.3) is 0 Å². The Labute approximate surface area is 213 Å². The molecule has 0 aromatic heterocycles. The lowest BCUT2D eigenvalue weighted by Crippen LogP contribution is -2.52. The fourth-order valence-electron chi connectivity index (χ4n) is 5.73. The van der Waals surface area contributed by atoms with Crippen LogP contribution in [-0.4, -0.2) is 61.2 Å². The minimum absolute atomic E-state index is 0.0988. The van der Waals surface area contributed by atoms with E-state index in [1.54, 1.807) is 0 Å². The van der Waals surface area contributed by atoms with E-state index in [2.05, 4.69) is 12.1 Å². The first-order valence-corrected chi connectivity index (χ1v) is 13.2. The van der Waals surface area contributed by atoms with E-state index in [1.165, 1.54) is 5.56 Å². The summed E-state index contributed by atoms with van der Waals surface area (Å²) in [6.07, 6.45) is 5.60. The van der Waals surface area contributed by atoms with Gasteiger partial charge in [0.1, 0.15) is 12.4 Å². The molecule has 5 rings (SSSR count). The van der Waals surface area contributed by atoms with Crippen LogP contribution in [0.4, 0.5) is 0 Å². The first-order chi connectivity index (χ1) is 17.6. The number of nitrogens with zero attached hydrogens (tertiary/aromatic N) is 2. The summed E-state index contributed by atoms with van der Waals surface area (Å²) in [5.74, 6) is 2.68. The van der Waals surface area contributed by atoms with Crippen molar-refractivity contribution >= 4 is 11.8 Å². The number of likely N-dealkylation sites (tertiary alicyclic amines) is 1. The quantitative estimate of drug-likeness (QED) is 0.642. The Morgan fingerprint density at radius 1 is 0.917 bits per heavy atom. The van der Waals surface area contributed by atoms with Crippen molar-refractivity contribution in [3.8, 4) is 17.2 Å². The van der Waals surface area contributed by atoms with Crippen LogP contribution in [0.5, 0.6) is 17.2 Å². The second-order valence-electron chi connectivity index (χ2n) is 10.1. The van der Waals surface area contributed by atoms with Gasteiger partial charge in [-0.3, -0.25) is 9.59 Å². The Hall–Kier alpha value is -3.22. The highest BCUT2D eigenvalue weighted by molar-refractivity contribution is 5.84. The lowest BCUT2D eigenvalue weighted by Gasteiger charge is -2.43. The van der Waals surface area contributed by atoms with E-state index in [0.717, 1.165) is 42.7 Å². The molecule has 7 heteroatoms. The summed E-state index contributed by atoms with van der Waals surface area (Å²) < 4.78 is 16.9. The lowest BCUT2D eigenvalue weighted by molar-refractivity contribution is -0.149. The molecule has 1 saturated heterocycles. The number of rotatable bonds is 3. The van der Waals surface area contributed by atoms with Crippen molar-refractivity contribution < 1.29 is 23.8 Å². The van der Waals surface area contributed by atoms with E-state index in [9.17, 15) is 9.59 Å². The van der Waals surface area contributed by atoms with Gasteiger partial charge >= 0.3 is 0 Å². The molecule has 7 nitrogen and oxygen atoms in total. The molecule has 0 bridgehead atoms. The molecule has 0 radical (unpaired) electrons. The van der Waals surface area contributed by atoms with Gasteiger partial charge in [0, 0.05) is 19.6 Å². The Balaban J connectivity index is 1.24. The first-order valence-electron chi connectivity index (χ1n) is 13.2. The second-order valence-corrected chi connectivity index (χ2v) is 10.1.